The van der Waals surface area contributed by atoms with Crippen molar-refractivity contribution in [3.8, 4) is 5.75 Å². The average molecular weight is 560 g/mol. The number of carbonyl (C=O) groups is 1. The third-order valence-electron chi connectivity index (χ3n) is 5.64. The van der Waals surface area contributed by atoms with Gasteiger partial charge in [0.25, 0.3) is 15.9 Å². The summed E-state index contributed by atoms with van der Waals surface area (Å²) in [6.45, 7) is 5.37. The molecule has 190 valence electrons. The Morgan fingerprint density at radius 1 is 1.23 bits per heavy atom. The molecule has 0 radical (unpaired) electrons. The van der Waals surface area contributed by atoms with E-state index < -0.39 is 16.1 Å². The van der Waals surface area contributed by atoms with Crippen LogP contribution in [0.25, 0.3) is 0 Å². The number of nitrogens with zero attached hydrogens (tertiary/aromatic N) is 3. The van der Waals surface area contributed by atoms with Gasteiger partial charge in [0.05, 0.1) is 9.92 Å². The van der Waals surface area contributed by atoms with E-state index in [-0.39, 0.29) is 24.7 Å². The Morgan fingerprint density at radius 3 is 2.63 bits per heavy atom. The summed E-state index contributed by atoms with van der Waals surface area (Å²) >= 11 is 13.4. The fourth-order valence-corrected chi connectivity index (χ4v) is 5.98. The van der Waals surface area contributed by atoms with E-state index >= 15 is 0 Å². The van der Waals surface area contributed by atoms with E-state index in [1.54, 1.807) is 59.7 Å². The minimum Gasteiger partial charge on any atom is -0.479 e. The highest BCUT2D eigenvalue weighted by atomic mass is 35.5. The van der Waals surface area contributed by atoms with Crippen LogP contribution in [0.2, 0.25) is 10.0 Å². The Labute approximate surface area is 221 Å². The number of carbonyl (C=O) groups excluding carboxylic acids is 1. The number of halogens is 2. The number of thiazole rings is 1. The van der Waals surface area contributed by atoms with Gasteiger partial charge in [-0.05, 0) is 50.2 Å². The topological polar surface area (TPSA) is 91.8 Å². The Morgan fingerprint density at radius 2 is 1.97 bits per heavy atom. The summed E-state index contributed by atoms with van der Waals surface area (Å²) in [7, 11) is -3.71. The Bertz CT molecular complexity index is 1300. The van der Waals surface area contributed by atoms with Gasteiger partial charge in [0, 0.05) is 45.8 Å². The van der Waals surface area contributed by atoms with Gasteiger partial charge in [-0.1, -0.05) is 29.3 Å². The van der Waals surface area contributed by atoms with Crippen molar-refractivity contribution >= 4 is 61.3 Å². The van der Waals surface area contributed by atoms with Crippen molar-refractivity contribution in [3.05, 3.63) is 64.1 Å². The maximum atomic E-state index is 13.1. The molecule has 1 amide bonds. The van der Waals surface area contributed by atoms with Crippen LogP contribution >= 0.6 is 34.5 Å². The van der Waals surface area contributed by atoms with Crippen molar-refractivity contribution in [2.45, 2.75) is 30.9 Å². The maximum Gasteiger partial charge on any atom is 0.263 e. The van der Waals surface area contributed by atoms with Crippen molar-refractivity contribution in [2.75, 3.05) is 29.3 Å². The number of rotatable bonds is 7. The van der Waals surface area contributed by atoms with Crippen LogP contribution in [0.4, 0.5) is 10.8 Å². The van der Waals surface area contributed by atoms with Crippen LogP contribution < -0.4 is 14.4 Å². The average Bonchev–Trinajstić information content (AvgIpc) is 3.34. The number of hydrogen-bond donors (Lipinski definition) is 1. The lowest BCUT2D eigenvalue weighted by molar-refractivity contribution is -0.140. The standard InChI is InChI=1S/C23H24Cl2N4O4S2.2H2/c1-15-14-28(17-6-8-18(9-7-17)35(31,32)27-23-26-10-13-34-23)11-12-29(15)22(30)16(2)33-20-5-3-4-19(24)21(20)25;;/h3-10,13,15-16H,11-12,14H2,1-2H3,(H,26,27);2*1H/t15-,16+;;/m0../s1. The molecule has 1 aliphatic heterocycles. The van der Waals surface area contributed by atoms with E-state index in [0.29, 0.717) is 35.5 Å². The van der Waals surface area contributed by atoms with Crippen LogP contribution in [0, 0.1) is 0 Å². The molecule has 0 spiro atoms. The molecule has 2 heterocycles. The fourth-order valence-electron chi connectivity index (χ4n) is 3.85. The smallest absolute Gasteiger partial charge is 0.263 e. The summed E-state index contributed by atoms with van der Waals surface area (Å²) in [5.74, 6) is 0.230. The Kier molecular flexibility index (Phi) is 7.75. The normalized spacial score (nSPS) is 17.2. The molecule has 0 saturated carbocycles. The zero-order valence-electron chi connectivity index (χ0n) is 19.0. The molecule has 1 fully saturated rings. The lowest BCUT2D eigenvalue weighted by atomic mass is 10.1. The molecule has 1 aromatic heterocycles. The number of hydrogen-bond acceptors (Lipinski definition) is 7. The zero-order chi connectivity index (χ0) is 25.2. The molecule has 1 saturated heterocycles. The molecule has 2 aromatic carbocycles. The van der Waals surface area contributed by atoms with E-state index in [0.717, 1.165) is 5.69 Å². The molecule has 35 heavy (non-hydrogen) atoms. The van der Waals surface area contributed by atoms with Gasteiger partial charge in [-0.25, -0.2) is 13.4 Å². The number of sulfonamides is 1. The molecule has 0 bridgehead atoms. The monoisotopic (exact) mass is 558 g/mol. The third-order valence-corrected chi connectivity index (χ3v) is 8.62. The summed E-state index contributed by atoms with van der Waals surface area (Å²) in [5.41, 5.74) is 0.882. The Hall–Kier alpha value is -2.53. The van der Waals surface area contributed by atoms with Crippen LogP contribution in [0.5, 0.6) is 5.75 Å². The number of amides is 1. The van der Waals surface area contributed by atoms with E-state index in [1.807, 2.05) is 6.92 Å². The van der Waals surface area contributed by atoms with Gasteiger partial charge in [0.1, 0.15) is 10.8 Å². The van der Waals surface area contributed by atoms with Crippen LogP contribution in [0.1, 0.15) is 16.7 Å². The molecule has 0 aliphatic carbocycles. The van der Waals surface area contributed by atoms with Crippen LogP contribution in [-0.2, 0) is 14.8 Å². The van der Waals surface area contributed by atoms with Crippen molar-refractivity contribution in [1.82, 2.24) is 9.88 Å². The predicted octanol–water partition coefficient (Wildman–Crippen LogP) is 5.25. The number of nitrogens with one attached hydrogen (secondary N) is 1. The summed E-state index contributed by atoms with van der Waals surface area (Å²) < 4.78 is 33.4. The molecule has 12 heteroatoms. The molecule has 2 atom stereocenters. The lowest BCUT2D eigenvalue weighted by Gasteiger charge is -2.41. The number of piperazine rings is 1. The zero-order valence-corrected chi connectivity index (χ0v) is 22.2. The van der Waals surface area contributed by atoms with Crippen LogP contribution in [0.3, 0.4) is 0 Å². The molecule has 0 unspecified atom stereocenters. The first-order valence-electron chi connectivity index (χ1n) is 10.8. The van der Waals surface area contributed by atoms with Crippen molar-refractivity contribution in [2.24, 2.45) is 0 Å². The second kappa shape index (κ2) is 10.6. The molecular formula is C23H28Cl2N4O4S2. The second-order valence-electron chi connectivity index (χ2n) is 8.08. The molecule has 8 nitrogen and oxygen atoms in total. The van der Waals surface area contributed by atoms with Gasteiger partial charge >= 0.3 is 0 Å². The number of benzene rings is 2. The second-order valence-corrected chi connectivity index (χ2v) is 11.4. The highest BCUT2D eigenvalue weighted by Gasteiger charge is 2.31. The van der Waals surface area contributed by atoms with E-state index in [4.69, 9.17) is 27.9 Å². The van der Waals surface area contributed by atoms with Gasteiger partial charge < -0.3 is 14.5 Å². The van der Waals surface area contributed by atoms with Crippen molar-refractivity contribution in [3.63, 3.8) is 0 Å². The summed E-state index contributed by atoms with van der Waals surface area (Å²) in [6, 6.07) is 11.7. The first kappa shape index (κ1) is 25.6. The third kappa shape index (κ3) is 5.83. The number of anilines is 2. The fraction of sp³-hybridized carbons (Fsp3) is 0.304. The lowest BCUT2D eigenvalue weighted by Crippen LogP contribution is -2.56. The minimum atomic E-state index is -3.71. The summed E-state index contributed by atoms with van der Waals surface area (Å²) in [6.07, 6.45) is 0.811. The van der Waals surface area contributed by atoms with Crippen molar-refractivity contribution in [1.29, 1.82) is 0 Å². The van der Waals surface area contributed by atoms with E-state index in [2.05, 4.69) is 14.6 Å². The molecular weight excluding hydrogens is 531 g/mol. The van der Waals surface area contributed by atoms with Crippen molar-refractivity contribution < 1.29 is 20.8 Å². The first-order valence-corrected chi connectivity index (χ1v) is 14.0. The van der Waals surface area contributed by atoms with E-state index in [1.165, 1.54) is 17.5 Å². The largest absolute Gasteiger partial charge is 0.479 e. The van der Waals surface area contributed by atoms with Gasteiger partial charge in [-0.15, -0.1) is 11.3 Å². The first-order chi connectivity index (χ1) is 16.7. The quantitative estimate of drug-likeness (QED) is 0.426. The highest BCUT2D eigenvalue weighted by molar-refractivity contribution is 7.93. The summed E-state index contributed by atoms with van der Waals surface area (Å²) in [4.78, 5) is 21.1. The summed E-state index contributed by atoms with van der Waals surface area (Å²) in [5, 5.41) is 2.66. The van der Waals surface area contributed by atoms with Gasteiger partial charge in [-0.2, -0.15) is 0 Å². The van der Waals surface area contributed by atoms with Gasteiger partial charge in [0.2, 0.25) is 0 Å². The number of ether oxygens (including phenoxy) is 1. The van der Waals surface area contributed by atoms with Gasteiger partial charge in [-0.3, -0.25) is 9.52 Å². The Balaban J connectivity index is 0.00000241. The van der Waals surface area contributed by atoms with Gasteiger partial charge in [0.15, 0.2) is 11.2 Å². The molecule has 1 aliphatic rings. The minimum absolute atomic E-state index is 0. The maximum absolute atomic E-state index is 13.1. The van der Waals surface area contributed by atoms with Crippen LogP contribution in [0.15, 0.2) is 58.9 Å². The molecule has 1 N–H and O–H groups in total. The molecule has 3 aromatic rings. The highest BCUT2D eigenvalue weighted by Crippen LogP contribution is 2.32. The molecule has 4 rings (SSSR count). The van der Waals surface area contributed by atoms with E-state index in [9.17, 15) is 13.2 Å². The number of aromatic nitrogens is 1. The van der Waals surface area contributed by atoms with Crippen LogP contribution in [-0.4, -0.2) is 56.0 Å². The predicted molar refractivity (Wildman–Crippen MR) is 144 cm³/mol. The SMILES string of the molecule is C[C@@H](Oc1cccc(Cl)c1Cl)C(=O)N1CCN(c2ccc(S(=O)(=O)Nc3nccs3)cc2)C[C@@H]1C.[HH].[HH].